The maximum atomic E-state index is 6.64. The summed E-state index contributed by atoms with van der Waals surface area (Å²) in [6.45, 7) is 22.3. The van der Waals surface area contributed by atoms with E-state index in [0.29, 0.717) is 22.5 Å². The Kier molecular flexibility index (Phi) is 6.71. The Hall–Kier alpha value is -0.0831. The van der Waals surface area contributed by atoms with E-state index in [4.69, 9.17) is 4.43 Å². The fourth-order valence-corrected chi connectivity index (χ4v) is 8.70. The first-order valence-corrected chi connectivity index (χ1v) is 9.14. The van der Waals surface area contributed by atoms with Crippen LogP contribution < -0.4 is 0 Å². The molecule has 0 fully saturated rings. The van der Waals surface area contributed by atoms with E-state index in [0.717, 1.165) is 0 Å². The Bertz CT molecular complexity index is 211. The van der Waals surface area contributed by atoms with Crippen LogP contribution >= 0.6 is 0 Å². The maximum Gasteiger partial charge on any atom is 0.200 e. The molecule has 0 aliphatic rings. The fourth-order valence-electron chi connectivity index (χ4n) is 3.03. The van der Waals surface area contributed by atoms with Crippen molar-refractivity contribution in [1.82, 2.24) is 0 Å². The molecule has 17 heavy (non-hydrogen) atoms. The summed E-state index contributed by atoms with van der Waals surface area (Å²) in [6, 6.07) is 0. The Morgan fingerprint density at radius 3 is 1.41 bits per heavy atom. The van der Waals surface area contributed by atoms with Crippen LogP contribution in [0.2, 0.25) is 16.6 Å². The van der Waals surface area contributed by atoms with Gasteiger partial charge in [0.15, 0.2) is 0 Å². The molecule has 0 unspecified atom stereocenters. The van der Waals surface area contributed by atoms with Crippen LogP contribution in [0.5, 0.6) is 0 Å². The van der Waals surface area contributed by atoms with Gasteiger partial charge in [0.25, 0.3) is 0 Å². The molecule has 0 heterocycles. The molecule has 0 bridgehead atoms. The molecule has 2 heteroatoms. The van der Waals surface area contributed by atoms with E-state index >= 15 is 0 Å². The van der Waals surface area contributed by atoms with Crippen molar-refractivity contribution in [3.05, 3.63) is 12.7 Å². The van der Waals surface area contributed by atoms with Gasteiger partial charge < -0.3 is 4.43 Å². The molecule has 0 aromatic carbocycles. The predicted molar refractivity (Wildman–Crippen MR) is 81.0 cm³/mol. The van der Waals surface area contributed by atoms with Crippen LogP contribution in [0.25, 0.3) is 0 Å². The van der Waals surface area contributed by atoms with Crippen LogP contribution in [0.3, 0.4) is 0 Å². The lowest BCUT2D eigenvalue weighted by molar-refractivity contribution is 0.157. The summed E-state index contributed by atoms with van der Waals surface area (Å²) in [4.78, 5) is 0. The van der Waals surface area contributed by atoms with Gasteiger partial charge in [-0.1, -0.05) is 54.5 Å². The smallest absolute Gasteiger partial charge is 0.200 e. The fraction of sp³-hybridized carbons (Fsp3) is 0.867. The molecule has 2 atom stereocenters. The van der Waals surface area contributed by atoms with Crippen molar-refractivity contribution in [2.24, 2.45) is 5.92 Å². The molecule has 102 valence electrons. The lowest BCUT2D eigenvalue weighted by atomic mass is 10.1. The van der Waals surface area contributed by atoms with E-state index in [1.54, 1.807) is 0 Å². The van der Waals surface area contributed by atoms with Gasteiger partial charge in [0.1, 0.15) is 0 Å². The topological polar surface area (TPSA) is 9.23 Å². The Labute approximate surface area is 110 Å². The average Bonchev–Trinajstić information content (AvgIpc) is 2.22. The number of hydrogen-bond acceptors (Lipinski definition) is 1. The molecule has 0 N–H and O–H groups in total. The van der Waals surface area contributed by atoms with Crippen molar-refractivity contribution in [1.29, 1.82) is 0 Å². The molecule has 1 nitrogen and oxygen atoms in total. The zero-order valence-electron chi connectivity index (χ0n) is 13.1. The van der Waals surface area contributed by atoms with Crippen molar-refractivity contribution in [2.75, 3.05) is 0 Å². The van der Waals surface area contributed by atoms with Gasteiger partial charge in [-0.05, 0) is 29.5 Å². The monoisotopic (exact) mass is 256 g/mol. The van der Waals surface area contributed by atoms with Gasteiger partial charge in [-0.15, -0.1) is 6.58 Å². The molecule has 0 saturated carbocycles. The lowest BCUT2D eigenvalue weighted by Crippen LogP contribution is -2.50. The molecule has 0 aliphatic heterocycles. The number of rotatable bonds is 7. The SMILES string of the molecule is C=C[C@@H](C)[C@H](C)O[Si](C(C)C)(C(C)C)C(C)C. The standard InChI is InChI=1S/C15H32OSi/c1-10-14(8)15(9)16-17(11(2)3,12(4)5)13(6)7/h10-15H,1H2,2-9H3/t14-,15+/m1/s1. The quantitative estimate of drug-likeness (QED) is 0.438. The molecule has 0 saturated heterocycles. The molecule has 0 radical (unpaired) electrons. The summed E-state index contributed by atoms with van der Waals surface area (Å²) in [5.41, 5.74) is 1.96. The third-order valence-electron chi connectivity index (χ3n) is 4.21. The van der Waals surface area contributed by atoms with Crippen LogP contribution in [0.1, 0.15) is 55.4 Å². The molecule has 0 amide bonds. The van der Waals surface area contributed by atoms with Crippen LogP contribution in [0.4, 0.5) is 0 Å². The Morgan fingerprint density at radius 1 is 0.824 bits per heavy atom. The van der Waals surface area contributed by atoms with E-state index in [1.165, 1.54) is 0 Å². The van der Waals surface area contributed by atoms with Gasteiger partial charge in [-0.2, -0.15) is 0 Å². The number of hydrogen-bond donors (Lipinski definition) is 0. The molecule has 0 aromatic heterocycles. The highest BCUT2D eigenvalue weighted by atomic mass is 28.4. The first-order valence-electron chi connectivity index (χ1n) is 7.00. The normalized spacial score (nSPS) is 16.6. The second-order valence-corrected chi connectivity index (χ2v) is 11.6. The van der Waals surface area contributed by atoms with Crippen LogP contribution in [0.15, 0.2) is 12.7 Å². The molecule has 0 spiro atoms. The Balaban J connectivity index is 5.12. The van der Waals surface area contributed by atoms with Gasteiger partial charge in [-0.25, -0.2) is 0 Å². The van der Waals surface area contributed by atoms with Gasteiger partial charge in [0.05, 0.1) is 0 Å². The average molecular weight is 257 g/mol. The van der Waals surface area contributed by atoms with E-state index in [2.05, 4.69) is 62.0 Å². The van der Waals surface area contributed by atoms with Gasteiger partial charge in [0, 0.05) is 6.10 Å². The molecular formula is C15H32OSi. The second-order valence-electron chi connectivity index (χ2n) is 6.24. The summed E-state index contributed by atoms with van der Waals surface area (Å²) in [5.74, 6) is 0.429. The predicted octanol–water partition coefficient (Wildman–Crippen LogP) is 5.39. The van der Waals surface area contributed by atoms with Gasteiger partial charge in [-0.3, -0.25) is 0 Å². The molecule has 0 aliphatic carbocycles. The summed E-state index contributed by atoms with van der Waals surface area (Å²) in [6.07, 6.45) is 2.29. The van der Waals surface area contributed by atoms with Crippen LogP contribution in [-0.4, -0.2) is 14.4 Å². The second kappa shape index (κ2) is 6.74. The van der Waals surface area contributed by atoms with Crippen molar-refractivity contribution in [3.8, 4) is 0 Å². The van der Waals surface area contributed by atoms with Crippen molar-refractivity contribution in [2.45, 2.75) is 78.1 Å². The minimum absolute atomic E-state index is 0.284. The highest BCUT2D eigenvalue weighted by Crippen LogP contribution is 2.43. The first-order chi connectivity index (χ1) is 7.70. The zero-order chi connectivity index (χ0) is 13.8. The maximum absolute atomic E-state index is 6.64. The third-order valence-corrected chi connectivity index (χ3v) is 10.4. The lowest BCUT2D eigenvalue weighted by Gasteiger charge is -2.44. The largest absolute Gasteiger partial charge is 0.413 e. The minimum atomic E-state index is -1.72. The molecule has 0 rings (SSSR count). The highest BCUT2D eigenvalue weighted by molar-refractivity contribution is 6.77. The van der Waals surface area contributed by atoms with E-state index in [1.807, 2.05) is 6.08 Å². The molecular weight excluding hydrogens is 224 g/mol. The first kappa shape index (κ1) is 16.9. The van der Waals surface area contributed by atoms with Crippen LogP contribution in [-0.2, 0) is 4.43 Å². The van der Waals surface area contributed by atoms with Gasteiger partial charge in [0.2, 0.25) is 8.32 Å². The van der Waals surface area contributed by atoms with Crippen molar-refractivity contribution < 1.29 is 4.43 Å². The van der Waals surface area contributed by atoms with E-state index in [-0.39, 0.29) is 6.10 Å². The van der Waals surface area contributed by atoms with Crippen molar-refractivity contribution in [3.63, 3.8) is 0 Å². The van der Waals surface area contributed by atoms with E-state index < -0.39 is 8.32 Å². The summed E-state index contributed by atoms with van der Waals surface area (Å²) < 4.78 is 6.64. The minimum Gasteiger partial charge on any atom is -0.413 e. The van der Waals surface area contributed by atoms with Gasteiger partial charge >= 0.3 is 0 Å². The molecule has 0 aromatic rings. The highest BCUT2D eigenvalue weighted by Gasteiger charge is 2.46. The zero-order valence-corrected chi connectivity index (χ0v) is 14.1. The summed E-state index contributed by atoms with van der Waals surface area (Å²) in [7, 11) is -1.72. The third kappa shape index (κ3) is 3.69. The van der Waals surface area contributed by atoms with E-state index in [9.17, 15) is 0 Å². The van der Waals surface area contributed by atoms with Crippen LogP contribution in [0, 0.1) is 5.92 Å². The Morgan fingerprint density at radius 2 is 1.18 bits per heavy atom. The van der Waals surface area contributed by atoms with Crippen molar-refractivity contribution >= 4 is 8.32 Å². The summed E-state index contributed by atoms with van der Waals surface area (Å²) >= 11 is 0. The summed E-state index contributed by atoms with van der Waals surface area (Å²) in [5, 5.41) is 0.